The number of carboxylic acids is 1. The minimum Gasteiger partial charge on any atom is -0.480 e. The topological polar surface area (TPSA) is 128 Å². The Morgan fingerprint density at radius 1 is 1.03 bits per heavy atom. The molecule has 2 aromatic carbocycles. The number of alkyl halides is 1. The van der Waals surface area contributed by atoms with Gasteiger partial charge in [0.25, 0.3) is 0 Å². The van der Waals surface area contributed by atoms with E-state index < -0.39 is 18.6 Å². The number of hydrogen-bond acceptors (Lipinski definition) is 8. The van der Waals surface area contributed by atoms with Crippen molar-refractivity contribution >= 4 is 65.5 Å². The zero-order valence-electron chi connectivity index (χ0n) is 18.1. The summed E-state index contributed by atoms with van der Waals surface area (Å²) in [5, 5.41) is 10.7. The maximum absolute atomic E-state index is 11.5. The lowest BCUT2D eigenvalue weighted by Gasteiger charge is -2.14. The van der Waals surface area contributed by atoms with Crippen LogP contribution in [-0.4, -0.2) is 56.3 Å². The van der Waals surface area contributed by atoms with Gasteiger partial charge in [-0.05, 0) is 22.3 Å². The maximum atomic E-state index is 11.5. The Bertz CT molecular complexity index is 837. The molecule has 3 rings (SSSR count). The summed E-state index contributed by atoms with van der Waals surface area (Å²) in [4.78, 5) is 31.8. The molecule has 4 N–H and O–H groups in total. The van der Waals surface area contributed by atoms with E-state index in [-0.39, 0.29) is 38.5 Å². The zero-order chi connectivity index (χ0) is 24.5. The molecule has 0 spiro atoms. The van der Waals surface area contributed by atoms with Gasteiger partial charge in [-0.3, -0.25) is 9.59 Å². The number of amides is 1. The maximum Gasteiger partial charge on any atom is 0.407 e. The zero-order valence-corrected chi connectivity index (χ0v) is 21.5. The number of benzene rings is 2. The first kappa shape index (κ1) is 32.9. The van der Waals surface area contributed by atoms with Crippen LogP contribution < -0.4 is 11.1 Å². The molecule has 33 heavy (non-hydrogen) atoms. The molecule has 0 aliphatic heterocycles. The summed E-state index contributed by atoms with van der Waals surface area (Å²) in [5.74, 6) is -1.51. The van der Waals surface area contributed by atoms with Crippen LogP contribution in [0.25, 0.3) is 11.1 Å². The van der Waals surface area contributed by atoms with Crippen molar-refractivity contribution in [3.63, 3.8) is 0 Å². The summed E-state index contributed by atoms with van der Waals surface area (Å²) < 4.78 is 9.31. The van der Waals surface area contributed by atoms with Gasteiger partial charge in [0.1, 0.15) is 13.2 Å². The van der Waals surface area contributed by atoms with Crippen LogP contribution in [-0.2, 0) is 41.4 Å². The Hall–Kier alpha value is -2.31. The number of carbonyl (C=O) groups is 3. The van der Waals surface area contributed by atoms with Crippen molar-refractivity contribution in [3.05, 3.63) is 59.7 Å². The Balaban J connectivity index is 0. The van der Waals surface area contributed by atoms with E-state index in [0.717, 1.165) is 22.3 Å². The van der Waals surface area contributed by atoms with Crippen LogP contribution in [0, 0.1) is 0 Å². The third-order valence-corrected chi connectivity index (χ3v) is 4.12. The van der Waals surface area contributed by atoms with E-state index in [9.17, 15) is 14.4 Å². The molecule has 1 aliphatic carbocycles. The Morgan fingerprint density at radius 3 is 1.85 bits per heavy atom. The first-order chi connectivity index (χ1) is 15.5. The predicted octanol–water partition coefficient (Wildman–Crippen LogP) is 2.69. The molecule has 0 radical (unpaired) electrons. The van der Waals surface area contributed by atoms with Gasteiger partial charge >= 0.3 is 18.0 Å². The Kier molecular flexibility index (Phi) is 19.1. The van der Waals surface area contributed by atoms with Gasteiger partial charge in [0.2, 0.25) is 0 Å². The molecule has 12 heteroatoms. The van der Waals surface area contributed by atoms with E-state index >= 15 is 0 Å². The van der Waals surface area contributed by atoms with Gasteiger partial charge in [-0.2, -0.15) is 13.5 Å². The highest BCUT2D eigenvalue weighted by Crippen LogP contribution is 2.44. The smallest absolute Gasteiger partial charge is 0.407 e. The molecule has 182 valence electrons. The third-order valence-electron chi connectivity index (χ3n) is 4.12. The number of carboxylic acid groups (broad SMARTS) is 1. The normalized spacial score (nSPS) is 9.94. The van der Waals surface area contributed by atoms with Crippen molar-refractivity contribution in [2.75, 3.05) is 33.2 Å². The van der Waals surface area contributed by atoms with Crippen molar-refractivity contribution in [1.82, 2.24) is 5.32 Å². The van der Waals surface area contributed by atoms with Gasteiger partial charge in [-0.15, -0.1) is 11.6 Å². The van der Waals surface area contributed by atoms with Gasteiger partial charge < -0.3 is 25.6 Å². The summed E-state index contributed by atoms with van der Waals surface area (Å²) in [5.41, 5.74) is 9.35. The summed E-state index contributed by atoms with van der Waals surface area (Å²) in [6, 6.07) is 16.1. The van der Waals surface area contributed by atoms with E-state index in [4.69, 9.17) is 15.6 Å². The number of halogens is 1. The molecule has 1 aliphatic rings. The average molecular weight is 535 g/mol. The second-order valence-electron chi connectivity index (χ2n) is 5.85. The number of alkyl carbamates (subject to hydrolysis) is 1. The number of methoxy groups -OCH3 is 1. The molecule has 0 bridgehead atoms. The van der Waals surface area contributed by atoms with Crippen LogP contribution in [0.4, 0.5) is 4.79 Å². The number of nitrogens with two attached hydrogens (primary N) is 1. The first-order valence-corrected chi connectivity index (χ1v) is 11.2. The number of fused-ring (bicyclic) bond motifs is 3. The highest BCUT2D eigenvalue weighted by molar-refractivity contribution is 8.07. The quantitative estimate of drug-likeness (QED) is 0.391. The van der Waals surface area contributed by atoms with Crippen LogP contribution in [0.3, 0.4) is 0 Å². The Labute approximate surface area is 214 Å². The first-order valence-electron chi connectivity index (χ1n) is 9.09. The standard InChI is InChI=1S/C17H15NO4.C3H7NO2.CH3Cl.S2.H2S/c19-16(20)9-18-17(21)22-10-15-13-7-3-1-5-11(13)12-6-2-4-8-14(12)15;1-6-3(5)2-4;2*1-2;/h1-8,15H,9-10H2,(H,18,21)(H,19,20);2,4H2,1H3;1H3;;1H2. The molecule has 0 fully saturated rings. The number of carbonyl (C=O) groups excluding carboxylic acids is 2. The average Bonchev–Trinajstić information content (AvgIpc) is 3.17. The van der Waals surface area contributed by atoms with E-state index in [0.29, 0.717) is 0 Å². The number of nitrogens with one attached hydrogen (secondary N) is 1. The molecule has 8 nitrogen and oxygen atoms in total. The van der Waals surface area contributed by atoms with Crippen LogP contribution >= 0.6 is 25.1 Å². The van der Waals surface area contributed by atoms with E-state index in [1.807, 2.05) is 36.4 Å². The number of hydrogen-bond donors (Lipinski definition) is 3. The lowest BCUT2D eigenvalue weighted by atomic mass is 9.98. The molecule has 0 saturated carbocycles. The fourth-order valence-corrected chi connectivity index (χ4v) is 2.88. The SMILES string of the molecule is CCl.COC(=O)CN.O=C(O)CNC(=O)OCC1c2ccccc2-c2ccccc21.S.S=S. The van der Waals surface area contributed by atoms with Crippen molar-refractivity contribution in [3.8, 4) is 11.1 Å². The number of aliphatic carboxylic acids is 1. The van der Waals surface area contributed by atoms with E-state index in [1.165, 1.54) is 13.5 Å². The van der Waals surface area contributed by atoms with Crippen LogP contribution in [0.2, 0.25) is 0 Å². The van der Waals surface area contributed by atoms with E-state index in [1.54, 1.807) is 0 Å². The summed E-state index contributed by atoms with van der Waals surface area (Å²) in [6.45, 7) is -0.299. The van der Waals surface area contributed by atoms with Crippen molar-refractivity contribution in [2.24, 2.45) is 5.73 Å². The lowest BCUT2D eigenvalue weighted by molar-refractivity contribution is -0.139. The molecule has 0 saturated heterocycles. The molecule has 0 aromatic heterocycles. The highest BCUT2D eigenvalue weighted by atomic mass is 35.5. The molecule has 2 aromatic rings. The molecule has 0 atom stereocenters. The van der Waals surface area contributed by atoms with Crippen LogP contribution in [0.5, 0.6) is 0 Å². The third kappa shape index (κ3) is 10.9. The summed E-state index contributed by atoms with van der Waals surface area (Å²) >= 11 is 12.0. The predicted molar refractivity (Wildman–Crippen MR) is 139 cm³/mol. The highest BCUT2D eigenvalue weighted by Gasteiger charge is 2.28. The molecule has 0 heterocycles. The van der Waals surface area contributed by atoms with Crippen LogP contribution in [0.1, 0.15) is 17.0 Å². The number of esters is 1. The second-order valence-corrected chi connectivity index (χ2v) is 5.85. The largest absolute Gasteiger partial charge is 0.480 e. The number of ether oxygens (including phenoxy) is 2. The second kappa shape index (κ2) is 19.2. The number of rotatable bonds is 5. The molecule has 0 unspecified atom stereocenters. The van der Waals surface area contributed by atoms with Gasteiger partial charge in [0.05, 0.1) is 13.7 Å². The fraction of sp³-hybridized carbons (Fsp3) is 0.286. The van der Waals surface area contributed by atoms with Gasteiger partial charge in [0, 0.05) is 34.7 Å². The van der Waals surface area contributed by atoms with Crippen molar-refractivity contribution < 1.29 is 29.0 Å². The molecular formula is C21H27ClN2O6S3. The molecule has 1 amide bonds. The van der Waals surface area contributed by atoms with Gasteiger partial charge in [-0.1, -0.05) is 48.5 Å². The van der Waals surface area contributed by atoms with Crippen molar-refractivity contribution in [2.45, 2.75) is 5.92 Å². The van der Waals surface area contributed by atoms with Gasteiger partial charge in [0.15, 0.2) is 0 Å². The monoisotopic (exact) mass is 534 g/mol. The van der Waals surface area contributed by atoms with Crippen molar-refractivity contribution in [1.29, 1.82) is 0 Å². The summed E-state index contributed by atoms with van der Waals surface area (Å²) in [7, 11) is 1.30. The molecular weight excluding hydrogens is 508 g/mol. The Morgan fingerprint density at radius 2 is 1.48 bits per heavy atom. The minimum absolute atomic E-state index is 0. The lowest BCUT2D eigenvalue weighted by Crippen LogP contribution is -2.30. The minimum atomic E-state index is -1.10. The fourth-order valence-electron chi connectivity index (χ4n) is 2.88. The van der Waals surface area contributed by atoms with Gasteiger partial charge in [-0.25, -0.2) is 4.79 Å². The summed E-state index contributed by atoms with van der Waals surface area (Å²) in [6.07, 6.45) is 0.754. The van der Waals surface area contributed by atoms with E-state index in [2.05, 4.69) is 56.2 Å². The van der Waals surface area contributed by atoms with Crippen LogP contribution in [0.15, 0.2) is 48.5 Å².